The van der Waals surface area contributed by atoms with Crippen LogP contribution in [0.15, 0.2) is 29.1 Å². The molecule has 2 aliphatic rings. The number of nitrogens with one attached hydrogen (secondary N) is 1. The Morgan fingerprint density at radius 2 is 1.85 bits per heavy atom. The number of aromatic nitrogens is 5. The van der Waals surface area contributed by atoms with Gasteiger partial charge in [0, 0.05) is 23.7 Å². The van der Waals surface area contributed by atoms with Gasteiger partial charge < -0.3 is 4.98 Å². The molecule has 33 heavy (non-hydrogen) atoms. The number of fused-ring (bicyclic) bond motifs is 1. The third kappa shape index (κ3) is 4.60. The van der Waals surface area contributed by atoms with Gasteiger partial charge in [0.2, 0.25) is 0 Å². The Morgan fingerprint density at radius 3 is 2.61 bits per heavy atom. The van der Waals surface area contributed by atoms with E-state index >= 15 is 0 Å². The van der Waals surface area contributed by atoms with Crippen LogP contribution in [0.5, 0.6) is 0 Å². The average molecular weight is 449 g/mol. The summed E-state index contributed by atoms with van der Waals surface area (Å²) >= 11 is 0. The fourth-order valence-corrected chi connectivity index (χ4v) is 5.97. The molecule has 7 nitrogen and oxygen atoms in total. The molecule has 2 saturated carbocycles. The van der Waals surface area contributed by atoms with Gasteiger partial charge >= 0.3 is 0 Å². The maximum absolute atomic E-state index is 13.1. The monoisotopic (exact) mass is 448 g/mol. The van der Waals surface area contributed by atoms with Gasteiger partial charge in [0.05, 0.1) is 12.1 Å². The minimum Gasteiger partial charge on any atom is -0.322 e. The van der Waals surface area contributed by atoms with E-state index in [0.29, 0.717) is 18.6 Å². The third-order valence-electron chi connectivity index (χ3n) is 7.75. The first-order valence-corrected chi connectivity index (χ1v) is 12.8. The van der Waals surface area contributed by atoms with Crippen LogP contribution < -0.4 is 5.56 Å². The number of benzene rings is 1. The van der Waals surface area contributed by atoms with Crippen molar-refractivity contribution in [3.8, 4) is 0 Å². The largest absolute Gasteiger partial charge is 0.322 e. The lowest BCUT2D eigenvalue weighted by molar-refractivity contribution is 0.109. The van der Waals surface area contributed by atoms with E-state index in [0.717, 1.165) is 47.1 Å². The van der Waals surface area contributed by atoms with Crippen LogP contribution in [-0.2, 0) is 6.54 Å². The topological polar surface area (TPSA) is 79.7 Å². The van der Waals surface area contributed by atoms with Gasteiger partial charge in [-0.05, 0) is 72.5 Å². The zero-order chi connectivity index (χ0) is 22.8. The summed E-state index contributed by atoms with van der Waals surface area (Å²) in [6.07, 6.45) is 11.9. The number of aryl methyl sites for hydroxylation is 1. The number of tetrazole rings is 1. The first-order valence-electron chi connectivity index (χ1n) is 12.8. The van der Waals surface area contributed by atoms with E-state index in [9.17, 15) is 4.79 Å². The van der Waals surface area contributed by atoms with Crippen molar-refractivity contribution in [1.82, 2.24) is 30.1 Å². The van der Waals surface area contributed by atoms with Crippen LogP contribution in [-0.4, -0.2) is 36.1 Å². The highest BCUT2D eigenvalue weighted by Crippen LogP contribution is 2.36. The number of aromatic amines is 1. The third-order valence-corrected chi connectivity index (χ3v) is 7.75. The molecule has 1 N–H and O–H groups in total. The van der Waals surface area contributed by atoms with Crippen LogP contribution in [0.25, 0.3) is 10.9 Å². The Balaban J connectivity index is 1.50. The second-order valence-corrected chi connectivity index (χ2v) is 10.0. The molecule has 7 heteroatoms. The van der Waals surface area contributed by atoms with Crippen molar-refractivity contribution in [3.05, 3.63) is 51.6 Å². The molecule has 176 valence electrons. The summed E-state index contributed by atoms with van der Waals surface area (Å²) in [5, 5.41) is 14.2. The van der Waals surface area contributed by atoms with Crippen molar-refractivity contribution in [1.29, 1.82) is 0 Å². The van der Waals surface area contributed by atoms with Gasteiger partial charge in [-0.25, -0.2) is 4.68 Å². The summed E-state index contributed by atoms with van der Waals surface area (Å²) in [7, 11) is 0. The number of H-pyrrole nitrogens is 1. The maximum atomic E-state index is 13.1. The summed E-state index contributed by atoms with van der Waals surface area (Å²) < 4.78 is 2.11. The van der Waals surface area contributed by atoms with E-state index in [1.165, 1.54) is 44.9 Å². The second kappa shape index (κ2) is 9.75. The Bertz CT molecular complexity index is 1140. The number of hydrogen-bond donors (Lipinski definition) is 1. The van der Waals surface area contributed by atoms with Crippen LogP contribution in [0.3, 0.4) is 0 Å². The molecule has 2 fully saturated rings. The lowest BCUT2D eigenvalue weighted by Crippen LogP contribution is -2.39. The van der Waals surface area contributed by atoms with Crippen molar-refractivity contribution >= 4 is 10.9 Å². The smallest absolute Gasteiger partial charge is 0.252 e. The molecule has 2 aliphatic carbocycles. The summed E-state index contributed by atoms with van der Waals surface area (Å²) in [4.78, 5) is 18.7. The Hall–Kier alpha value is -2.54. The van der Waals surface area contributed by atoms with E-state index in [1.807, 2.05) is 6.07 Å². The maximum Gasteiger partial charge on any atom is 0.252 e. The quantitative estimate of drug-likeness (QED) is 0.536. The van der Waals surface area contributed by atoms with Gasteiger partial charge in [-0.2, -0.15) is 0 Å². The van der Waals surface area contributed by atoms with Crippen molar-refractivity contribution in [2.45, 2.75) is 103 Å². The van der Waals surface area contributed by atoms with Gasteiger partial charge in [0.1, 0.15) is 0 Å². The zero-order valence-corrected chi connectivity index (χ0v) is 20.0. The van der Waals surface area contributed by atoms with Gasteiger partial charge in [-0.1, -0.05) is 51.2 Å². The molecule has 1 atom stereocenters. The minimum atomic E-state index is 0.0119. The normalized spacial score (nSPS) is 19.0. The summed E-state index contributed by atoms with van der Waals surface area (Å²) in [6.45, 7) is 4.90. The van der Waals surface area contributed by atoms with Crippen LogP contribution in [0.2, 0.25) is 0 Å². The molecule has 3 aromatic rings. The van der Waals surface area contributed by atoms with E-state index in [2.05, 4.69) is 62.1 Å². The van der Waals surface area contributed by atoms with E-state index in [1.54, 1.807) is 0 Å². The molecule has 2 heterocycles. The molecular weight excluding hydrogens is 412 g/mol. The van der Waals surface area contributed by atoms with Crippen molar-refractivity contribution in [2.24, 2.45) is 0 Å². The molecule has 0 unspecified atom stereocenters. The molecule has 0 aliphatic heterocycles. The first kappa shape index (κ1) is 22.3. The molecule has 0 amide bonds. The van der Waals surface area contributed by atoms with Crippen LogP contribution in [0.1, 0.15) is 100 Å². The average Bonchev–Trinajstić information content (AvgIpc) is 3.53. The lowest BCUT2D eigenvalue weighted by atomic mass is 9.95. The van der Waals surface area contributed by atoms with E-state index < -0.39 is 0 Å². The predicted molar refractivity (Wildman–Crippen MR) is 130 cm³/mol. The molecule has 5 rings (SSSR count). The predicted octanol–water partition coefficient (Wildman–Crippen LogP) is 5.22. The van der Waals surface area contributed by atoms with Crippen molar-refractivity contribution in [2.75, 3.05) is 0 Å². The SMILES string of the molecule is CC[C@@H](c1nnnn1C1CCCCC1)N(Cc1cc2ccc(C)cc2[nH]c1=O)C1CCCC1. The van der Waals surface area contributed by atoms with Crippen LogP contribution >= 0.6 is 0 Å². The fraction of sp³-hybridized carbons (Fsp3) is 0.615. The van der Waals surface area contributed by atoms with Gasteiger partial charge in [0.25, 0.3) is 5.56 Å². The Kier molecular flexibility index (Phi) is 6.58. The molecular formula is C26H36N6O. The lowest BCUT2D eigenvalue weighted by Gasteiger charge is -2.36. The molecule has 0 spiro atoms. The summed E-state index contributed by atoms with van der Waals surface area (Å²) in [5.74, 6) is 0.976. The summed E-state index contributed by atoms with van der Waals surface area (Å²) in [6, 6.07) is 9.29. The molecule has 0 saturated heterocycles. The standard InChI is InChI=1S/C26H36N6O/c1-3-24(25-28-29-30-32(25)22-11-5-4-6-12-22)31(21-9-7-8-10-21)17-20-16-19-14-13-18(2)15-23(19)27-26(20)33/h13-16,21-22,24H,3-12,17H2,1-2H3,(H,27,33)/t24-/m0/s1. The highest BCUT2D eigenvalue weighted by molar-refractivity contribution is 5.79. The van der Waals surface area contributed by atoms with Crippen molar-refractivity contribution < 1.29 is 0 Å². The van der Waals surface area contributed by atoms with Crippen LogP contribution in [0, 0.1) is 6.92 Å². The first-order chi connectivity index (χ1) is 16.1. The highest BCUT2D eigenvalue weighted by Gasteiger charge is 2.34. The van der Waals surface area contributed by atoms with E-state index in [-0.39, 0.29) is 11.6 Å². The number of nitrogens with zero attached hydrogens (tertiary/aromatic N) is 5. The Labute approximate surface area is 195 Å². The van der Waals surface area contributed by atoms with Gasteiger partial charge in [-0.3, -0.25) is 9.69 Å². The Morgan fingerprint density at radius 1 is 1.09 bits per heavy atom. The number of pyridine rings is 1. The van der Waals surface area contributed by atoms with Gasteiger partial charge in [0.15, 0.2) is 5.82 Å². The minimum absolute atomic E-state index is 0.0119. The number of rotatable bonds is 7. The molecule has 1 aromatic carbocycles. The molecule has 0 radical (unpaired) electrons. The number of hydrogen-bond acceptors (Lipinski definition) is 5. The van der Waals surface area contributed by atoms with Crippen LogP contribution in [0.4, 0.5) is 0 Å². The molecule has 2 aromatic heterocycles. The summed E-state index contributed by atoms with van der Waals surface area (Å²) in [5.41, 5.74) is 2.90. The van der Waals surface area contributed by atoms with Crippen molar-refractivity contribution in [3.63, 3.8) is 0 Å². The van der Waals surface area contributed by atoms with E-state index in [4.69, 9.17) is 0 Å². The second-order valence-electron chi connectivity index (χ2n) is 10.0. The van der Waals surface area contributed by atoms with Gasteiger partial charge in [-0.15, -0.1) is 5.10 Å². The molecule has 0 bridgehead atoms. The fourth-order valence-electron chi connectivity index (χ4n) is 5.97. The zero-order valence-electron chi connectivity index (χ0n) is 20.0. The highest BCUT2D eigenvalue weighted by atomic mass is 16.1.